The third-order valence-electron chi connectivity index (χ3n) is 4.86. The maximum absolute atomic E-state index is 12.2. The summed E-state index contributed by atoms with van der Waals surface area (Å²) in [5, 5.41) is 18.8. The number of aromatic hydroxyl groups is 2. The maximum Gasteiger partial charge on any atom is 0.508 e. The Morgan fingerprint density at radius 3 is 2.36 bits per heavy atom. The highest BCUT2D eigenvalue weighted by Gasteiger charge is 2.26. The summed E-state index contributed by atoms with van der Waals surface area (Å²) in [7, 11) is 0. The van der Waals surface area contributed by atoms with Crippen molar-refractivity contribution in [3.8, 4) is 11.5 Å². The third-order valence-corrected chi connectivity index (χ3v) is 4.86. The molecule has 3 atom stereocenters. The van der Waals surface area contributed by atoms with E-state index < -0.39 is 30.4 Å². The minimum Gasteiger partial charge on any atom is -0.504 e. The van der Waals surface area contributed by atoms with Gasteiger partial charge in [0.15, 0.2) is 11.5 Å². The molecule has 1 aliphatic rings. The van der Waals surface area contributed by atoms with Gasteiger partial charge in [-0.2, -0.15) is 0 Å². The first-order valence-electron chi connectivity index (χ1n) is 9.60. The van der Waals surface area contributed by atoms with Crippen molar-refractivity contribution in [2.75, 3.05) is 0 Å². The Labute approximate surface area is 164 Å². The first-order chi connectivity index (χ1) is 13.3. The second-order valence-electron chi connectivity index (χ2n) is 7.23. The molecule has 1 fully saturated rings. The predicted octanol–water partition coefficient (Wildman–Crippen LogP) is 2.77. The third kappa shape index (κ3) is 6.60. The van der Waals surface area contributed by atoms with Crippen LogP contribution in [0, 0.1) is 0 Å². The highest BCUT2D eigenvalue weighted by molar-refractivity contribution is 5.76. The van der Waals surface area contributed by atoms with Crippen LogP contribution in [0.15, 0.2) is 18.2 Å². The number of carbonyl (C=O) groups is 2. The molecule has 28 heavy (non-hydrogen) atoms. The summed E-state index contributed by atoms with van der Waals surface area (Å²) in [6.07, 6.45) is 2.78. The number of ether oxygens (including phenoxy) is 3. The Balaban J connectivity index is 1.77. The van der Waals surface area contributed by atoms with Gasteiger partial charge in [-0.1, -0.05) is 12.5 Å². The largest absolute Gasteiger partial charge is 0.508 e. The van der Waals surface area contributed by atoms with Crippen molar-refractivity contribution >= 4 is 12.1 Å². The Kier molecular flexibility index (Phi) is 7.92. The Bertz CT molecular complexity index is 673. The van der Waals surface area contributed by atoms with E-state index in [9.17, 15) is 19.8 Å². The zero-order valence-corrected chi connectivity index (χ0v) is 16.3. The van der Waals surface area contributed by atoms with Crippen molar-refractivity contribution < 1.29 is 34.0 Å². The molecular weight excluding hydrogens is 366 g/mol. The molecule has 1 aromatic carbocycles. The van der Waals surface area contributed by atoms with Crippen LogP contribution < -0.4 is 5.73 Å². The van der Waals surface area contributed by atoms with Gasteiger partial charge in [-0.25, -0.2) is 4.79 Å². The molecule has 4 N–H and O–H groups in total. The predicted molar refractivity (Wildman–Crippen MR) is 101 cm³/mol. The average molecular weight is 395 g/mol. The normalized spacial score (nSPS) is 18.0. The van der Waals surface area contributed by atoms with E-state index in [-0.39, 0.29) is 24.0 Å². The number of benzene rings is 1. The molecule has 0 amide bonds. The van der Waals surface area contributed by atoms with Crippen molar-refractivity contribution in [3.63, 3.8) is 0 Å². The molecule has 0 saturated heterocycles. The van der Waals surface area contributed by atoms with Gasteiger partial charge in [0.25, 0.3) is 0 Å². The van der Waals surface area contributed by atoms with Crippen molar-refractivity contribution in [1.29, 1.82) is 0 Å². The molecular formula is C20H29NO7. The number of hydrogen-bond acceptors (Lipinski definition) is 8. The monoisotopic (exact) mass is 395 g/mol. The zero-order chi connectivity index (χ0) is 20.7. The van der Waals surface area contributed by atoms with Crippen LogP contribution in [-0.4, -0.2) is 46.7 Å². The summed E-state index contributed by atoms with van der Waals surface area (Å²) in [6.45, 7) is 3.22. The lowest BCUT2D eigenvalue weighted by Crippen LogP contribution is -2.39. The molecule has 0 spiro atoms. The van der Waals surface area contributed by atoms with E-state index in [1.807, 2.05) is 0 Å². The molecule has 0 radical (unpaired) electrons. The van der Waals surface area contributed by atoms with Crippen molar-refractivity contribution in [1.82, 2.24) is 0 Å². The van der Waals surface area contributed by atoms with Gasteiger partial charge >= 0.3 is 12.1 Å². The fourth-order valence-electron chi connectivity index (χ4n) is 2.99. The van der Waals surface area contributed by atoms with Crippen LogP contribution >= 0.6 is 0 Å². The van der Waals surface area contributed by atoms with Gasteiger partial charge in [0.1, 0.15) is 24.4 Å². The second kappa shape index (κ2) is 10.2. The van der Waals surface area contributed by atoms with Gasteiger partial charge in [0.05, 0.1) is 0 Å². The summed E-state index contributed by atoms with van der Waals surface area (Å²) in [5.41, 5.74) is 6.44. The van der Waals surface area contributed by atoms with Crippen molar-refractivity contribution in [2.24, 2.45) is 5.73 Å². The highest BCUT2D eigenvalue weighted by atomic mass is 16.7. The lowest BCUT2D eigenvalue weighted by Gasteiger charge is -2.25. The maximum atomic E-state index is 12.2. The molecule has 0 aromatic heterocycles. The molecule has 0 bridgehead atoms. The lowest BCUT2D eigenvalue weighted by atomic mass is 9.98. The molecule has 8 nitrogen and oxygen atoms in total. The highest BCUT2D eigenvalue weighted by Crippen LogP contribution is 2.25. The summed E-state index contributed by atoms with van der Waals surface area (Å²) >= 11 is 0. The number of phenolic OH excluding ortho intramolecular Hbond substituents is 2. The fraction of sp³-hybridized carbons (Fsp3) is 0.600. The van der Waals surface area contributed by atoms with E-state index in [0.717, 1.165) is 32.1 Å². The first kappa shape index (κ1) is 21.8. The van der Waals surface area contributed by atoms with E-state index in [1.165, 1.54) is 12.1 Å². The van der Waals surface area contributed by atoms with Crippen molar-refractivity contribution in [2.45, 2.75) is 76.7 Å². The van der Waals surface area contributed by atoms with Gasteiger partial charge in [0, 0.05) is 0 Å². The summed E-state index contributed by atoms with van der Waals surface area (Å²) in [4.78, 5) is 24.1. The molecule has 8 heteroatoms. The van der Waals surface area contributed by atoms with Crippen LogP contribution in [0.25, 0.3) is 0 Å². The van der Waals surface area contributed by atoms with Gasteiger partial charge in [-0.15, -0.1) is 0 Å². The molecule has 0 aliphatic heterocycles. The van der Waals surface area contributed by atoms with Gasteiger partial charge in [0.2, 0.25) is 0 Å². The smallest absolute Gasteiger partial charge is 0.504 e. The average Bonchev–Trinajstić information content (AvgIpc) is 2.65. The summed E-state index contributed by atoms with van der Waals surface area (Å²) < 4.78 is 15.8. The van der Waals surface area contributed by atoms with E-state index >= 15 is 0 Å². The van der Waals surface area contributed by atoms with Gasteiger partial charge in [-0.3, -0.25) is 4.79 Å². The standard InChI is InChI=1S/C20H29NO7/c1-12(13(2)27-20(25)28-15-6-4-3-5-7-15)26-19(24)16(21)10-14-8-9-17(22)18(23)11-14/h8-9,11-13,15-16,22-23H,3-7,10,21H2,1-2H3/t12-,13?,16-/m0/s1. The molecule has 2 rings (SSSR count). The van der Waals surface area contributed by atoms with Crippen LogP contribution in [0.3, 0.4) is 0 Å². The lowest BCUT2D eigenvalue weighted by molar-refractivity contribution is -0.155. The van der Waals surface area contributed by atoms with Gasteiger partial charge < -0.3 is 30.2 Å². The molecule has 1 saturated carbocycles. The van der Waals surface area contributed by atoms with Gasteiger partial charge in [-0.05, 0) is 63.6 Å². The molecule has 1 aliphatic carbocycles. The van der Waals surface area contributed by atoms with Crippen LogP contribution in [0.4, 0.5) is 4.79 Å². The quantitative estimate of drug-likeness (QED) is 0.475. The van der Waals surface area contributed by atoms with E-state index in [2.05, 4.69) is 0 Å². The van der Waals surface area contributed by atoms with Crippen LogP contribution in [0.1, 0.15) is 51.5 Å². The van der Waals surface area contributed by atoms with E-state index in [4.69, 9.17) is 19.9 Å². The minimum absolute atomic E-state index is 0.110. The zero-order valence-electron chi connectivity index (χ0n) is 16.3. The van der Waals surface area contributed by atoms with E-state index in [0.29, 0.717) is 5.56 Å². The Morgan fingerprint density at radius 1 is 1.07 bits per heavy atom. The topological polar surface area (TPSA) is 128 Å². The Morgan fingerprint density at radius 2 is 1.71 bits per heavy atom. The number of nitrogens with two attached hydrogens (primary N) is 1. The SMILES string of the molecule is CC(OC(=O)OC1CCCCC1)[C@H](C)OC(=O)[C@@H](N)Cc1ccc(O)c(O)c1. The van der Waals surface area contributed by atoms with Crippen LogP contribution in [0.2, 0.25) is 0 Å². The minimum atomic E-state index is -0.965. The molecule has 1 aromatic rings. The number of hydrogen-bond donors (Lipinski definition) is 3. The van der Waals surface area contributed by atoms with Crippen LogP contribution in [-0.2, 0) is 25.4 Å². The number of carbonyl (C=O) groups excluding carboxylic acids is 2. The molecule has 0 heterocycles. The first-order valence-corrected chi connectivity index (χ1v) is 9.60. The summed E-state index contributed by atoms with van der Waals surface area (Å²) in [5.74, 6) is -1.19. The van der Waals surface area contributed by atoms with Crippen molar-refractivity contribution in [3.05, 3.63) is 23.8 Å². The Hall–Kier alpha value is -2.48. The number of esters is 1. The molecule has 156 valence electrons. The molecule has 1 unspecified atom stereocenters. The summed E-state index contributed by atoms with van der Waals surface area (Å²) in [6, 6.07) is 3.24. The fourth-order valence-corrected chi connectivity index (χ4v) is 2.99. The van der Waals surface area contributed by atoms with Crippen LogP contribution in [0.5, 0.6) is 11.5 Å². The van der Waals surface area contributed by atoms with E-state index in [1.54, 1.807) is 19.9 Å². The second-order valence-corrected chi connectivity index (χ2v) is 7.23. The number of phenols is 2. The number of rotatable bonds is 7.